The van der Waals surface area contributed by atoms with Crippen LogP contribution < -0.4 is 0 Å². The highest BCUT2D eigenvalue weighted by atomic mass is 16.5. The number of hydrogen-bond acceptors (Lipinski definition) is 5. The third-order valence-electron chi connectivity index (χ3n) is 5.33. The summed E-state index contributed by atoms with van der Waals surface area (Å²) >= 11 is 0. The summed E-state index contributed by atoms with van der Waals surface area (Å²) in [6, 6.07) is 19.4. The molecule has 0 fully saturated rings. The first kappa shape index (κ1) is 23.0. The van der Waals surface area contributed by atoms with Crippen LogP contribution in [0.1, 0.15) is 62.5 Å². The highest BCUT2D eigenvalue weighted by Gasteiger charge is 2.24. The second-order valence-electron chi connectivity index (χ2n) is 7.51. The number of hydrogen-bond donors (Lipinski definition) is 1. The molecule has 6 heteroatoms. The zero-order chi connectivity index (χ0) is 23.1. The Morgan fingerprint density at radius 3 is 1.97 bits per heavy atom. The van der Waals surface area contributed by atoms with Crippen molar-refractivity contribution in [3.05, 3.63) is 94.3 Å². The minimum Gasteiger partial charge on any atom is -0.462 e. The second kappa shape index (κ2) is 10.6. The normalized spacial score (nSPS) is 10.8. The van der Waals surface area contributed by atoms with E-state index in [1.165, 1.54) is 0 Å². The Morgan fingerprint density at radius 1 is 0.875 bits per heavy atom. The van der Waals surface area contributed by atoms with Crippen LogP contribution in [0.5, 0.6) is 0 Å². The zero-order valence-electron chi connectivity index (χ0n) is 18.5. The van der Waals surface area contributed by atoms with E-state index in [-0.39, 0.29) is 24.6 Å². The molecule has 1 N–H and O–H groups in total. The van der Waals surface area contributed by atoms with Gasteiger partial charge in [0.15, 0.2) is 6.61 Å². The summed E-state index contributed by atoms with van der Waals surface area (Å²) in [5.41, 5.74) is 3.63. The van der Waals surface area contributed by atoms with Gasteiger partial charge in [0.1, 0.15) is 0 Å². The number of aromatic amines is 1. The Kier molecular flexibility index (Phi) is 7.60. The van der Waals surface area contributed by atoms with Crippen molar-refractivity contribution in [2.75, 3.05) is 13.2 Å². The quantitative estimate of drug-likeness (QED) is 0.389. The van der Waals surface area contributed by atoms with Gasteiger partial charge in [-0.15, -0.1) is 0 Å². The fourth-order valence-corrected chi connectivity index (χ4v) is 3.78. The Hall–Kier alpha value is -3.67. The highest BCUT2D eigenvalue weighted by Crippen LogP contribution is 2.28. The van der Waals surface area contributed by atoms with Gasteiger partial charge in [-0.25, -0.2) is 4.79 Å². The molecule has 32 heavy (non-hydrogen) atoms. The van der Waals surface area contributed by atoms with E-state index >= 15 is 0 Å². The monoisotopic (exact) mass is 433 g/mol. The molecule has 0 bridgehead atoms. The molecule has 1 aromatic heterocycles. The number of benzene rings is 2. The predicted molar refractivity (Wildman–Crippen MR) is 121 cm³/mol. The van der Waals surface area contributed by atoms with E-state index in [1.54, 1.807) is 20.8 Å². The van der Waals surface area contributed by atoms with E-state index in [4.69, 9.17) is 9.47 Å². The molecule has 0 unspecified atom stereocenters. The fourth-order valence-electron chi connectivity index (χ4n) is 3.78. The van der Waals surface area contributed by atoms with E-state index in [1.807, 2.05) is 60.7 Å². The number of rotatable bonds is 9. The molecular formula is C26H27NO5. The van der Waals surface area contributed by atoms with E-state index in [9.17, 15) is 14.4 Å². The third-order valence-corrected chi connectivity index (χ3v) is 5.33. The van der Waals surface area contributed by atoms with Gasteiger partial charge in [-0.05, 0) is 37.5 Å². The van der Waals surface area contributed by atoms with Gasteiger partial charge in [0, 0.05) is 11.6 Å². The third kappa shape index (κ3) is 5.32. The number of ether oxygens (including phenoxy) is 2. The maximum atomic E-state index is 12.7. The van der Waals surface area contributed by atoms with Gasteiger partial charge >= 0.3 is 11.9 Å². The van der Waals surface area contributed by atoms with Crippen LogP contribution in [0.15, 0.2) is 60.7 Å². The number of H-pyrrole nitrogens is 1. The van der Waals surface area contributed by atoms with Crippen LogP contribution in [0.3, 0.4) is 0 Å². The number of nitrogens with one attached hydrogen (secondary N) is 1. The lowest BCUT2D eigenvalue weighted by Gasteiger charge is -2.17. The van der Waals surface area contributed by atoms with Gasteiger partial charge < -0.3 is 14.5 Å². The summed E-state index contributed by atoms with van der Waals surface area (Å²) in [5, 5.41) is 0. The number of aryl methyl sites for hydroxylation is 1. The van der Waals surface area contributed by atoms with Crippen molar-refractivity contribution in [1.82, 2.24) is 4.98 Å². The molecule has 0 saturated carbocycles. The Labute approximate surface area is 187 Å². The van der Waals surface area contributed by atoms with Crippen LogP contribution in [-0.4, -0.2) is 35.9 Å². The van der Waals surface area contributed by atoms with Crippen molar-refractivity contribution < 1.29 is 23.9 Å². The summed E-state index contributed by atoms with van der Waals surface area (Å²) < 4.78 is 10.4. The smallest absolute Gasteiger partial charge is 0.340 e. The summed E-state index contributed by atoms with van der Waals surface area (Å²) in [4.78, 5) is 40.4. The van der Waals surface area contributed by atoms with Gasteiger partial charge in [-0.3, -0.25) is 9.59 Å². The molecule has 0 radical (unpaired) electrons. The first-order valence-electron chi connectivity index (χ1n) is 10.6. The van der Waals surface area contributed by atoms with Crippen molar-refractivity contribution in [3.63, 3.8) is 0 Å². The molecule has 0 aliphatic rings. The van der Waals surface area contributed by atoms with Gasteiger partial charge in [-0.1, -0.05) is 60.7 Å². The topological polar surface area (TPSA) is 85.5 Å². The Bertz CT molecular complexity index is 1050. The molecule has 0 atom stereocenters. The molecule has 2 aromatic carbocycles. The standard InChI is InChI=1S/C26H27NO5/c1-4-31-26(30)24-17(2)25(27-18(24)3)22(28)16-32-23(29)15-21(19-11-7-5-8-12-19)20-13-9-6-10-14-20/h5-14,21,27H,4,15-16H2,1-3H3. The number of Topliss-reactive ketones (excluding diaryl/α,β-unsaturated/α-hetero) is 1. The van der Waals surface area contributed by atoms with Gasteiger partial charge in [0.25, 0.3) is 0 Å². The summed E-state index contributed by atoms with van der Waals surface area (Å²) in [6.07, 6.45) is 0.109. The van der Waals surface area contributed by atoms with Gasteiger partial charge in [0.05, 0.1) is 24.3 Å². The Balaban J connectivity index is 1.69. The molecule has 3 rings (SSSR count). The van der Waals surface area contributed by atoms with Crippen LogP contribution in [0.2, 0.25) is 0 Å². The maximum absolute atomic E-state index is 12.7. The zero-order valence-corrected chi connectivity index (χ0v) is 18.5. The van der Waals surface area contributed by atoms with Gasteiger partial charge in [0.2, 0.25) is 5.78 Å². The molecule has 6 nitrogen and oxygen atoms in total. The summed E-state index contributed by atoms with van der Waals surface area (Å²) in [5.74, 6) is -1.53. The molecular weight excluding hydrogens is 406 g/mol. The molecule has 0 aliphatic heterocycles. The second-order valence-corrected chi connectivity index (χ2v) is 7.51. The molecule has 166 valence electrons. The lowest BCUT2D eigenvalue weighted by atomic mass is 9.89. The molecule has 0 amide bonds. The maximum Gasteiger partial charge on any atom is 0.340 e. The van der Waals surface area contributed by atoms with Crippen molar-refractivity contribution in [2.45, 2.75) is 33.1 Å². The highest BCUT2D eigenvalue weighted by molar-refractivity contribution is 6.02. The number of ketones is 1. The summed E-state index contributed by atoms with van der Waals surface area (Å²) in [7, 11) is 0. The van der Waals surface area contributed by atoms with Crippen molar-refractivity contribution >= 4 is 17.7 Å². The predicted octanol–water partition coefficient (Wildman–Crippen LogP) is 4.76. The molecule has 0 aliphatic carbocycles. The molecule has 1 heterocycles. The lowest BCUT2D eigenvalue weighted by molar-refractivity contribution is -0.142. The largest absolute Gasteiger partial charge is 0.462 e. The van der Waals surface area contributed by atoms with Crippen molar-refractivity contribution in [1.29, 1.82) is 0 Å². The minimum atomic E-state index is -0.483. The van der Waals surface area contributed by atoms with E-state index in [2.05, 4.69) is 4.98 Å². The first-order chi connectivity index (χ1) is 15.4. The molecule has 0 saturated heterocycles. The average Bonchev–Trinajstić information content (AvgIpc) is 3.11. The van der Waals surface area contributed by atoms with Crippen molar-refractivity contribution in [2.24, 2.45) is 0 Å². The molecule has 3 aromatic rings. The van der Waals surface area contributed by atoms with Crippen LogP contribution in [0.4, 0.5) is 0 Å². The number of carbonyl (C=O) groups excluding carboxylic acids is 3. The number of aromatic nitrogens is 1. The van der Waals surface area contributed by atoms with E-state index in [0.717, 1.165) is 11.1 Å². The fraction of sp³-hybridized carbons (Fsp3) is 0.269. The minimum absolute atomic E-state index is 0.109. The number of carbonyl (C=O) groups is 3. The van der Waals surface area contributed by atoms with Crippen LogP contribution in [-0.2, 0) is 14.3 Å². The van der Waals surface area contributed by atoms with E-state index < -0.39 is 24.3 Å². The van der Waals surface area contributed by atoms with Crippen LogP contribution >= 0.6 is 0 Å². The van der Waals surface area contributed by atoms with Gasteiger partial charge in [-0.2, -0.15) is 0 Å². The van der Waals surface area contributed by atoms with Crippen molar-refractivity contribution in [3.8, 4) is 0 Å². The summed E-state index contributed by atoms with van der Waals surface area (Å²) in [6.45, 7) is 4.93. The lowest BCUT2D eigenvalue weighted by Crippen LogP contribution is -2.18. The average molecular weight is 434 g/mol. The van der Waals surface area contributed by atoms with Crippen LogP contribution in [0.25, 0.3) is 0 Å². The Morgan fingerprint density at radius 2 is 1.44 bits per heavy atom. The van der Waals surface area contributed by atoms with E-state index in [0.29, 0.717) is 16.8 Å². The first-order valence-corrected chi connectivity index (χ1v) is 10.6. The molecule has 0 spiro atoms. The SMILES string of the molecule is CCOC(=O)c1c(C)[nH]c(C(=O)COC(=O)CC(c2ccccc2)c2ccccc2)c1C. The van der Waals surface area contributed by atoms with Crippen LogP contribution in [0, 0.1) is 13.8 Å². The number of esters is 2.